The highest BCUT2D eigenvalue weighted by molar-refractivity contribution is 8.23. The zero-order valence-corrected chi connectivity index (χ0v) is 10.1. The molecule has 0 aliphatic carbocycles. The minimum atomic E-state index is -0.396. The Morgan fingerprint density at radius 1 is 1.67 bits per heavy atom. The third-order valence-electron chi connectivity index (χ3n) is 1.86. The molecule has 1 fully saturated rings. The van der Waals surface area contributed by atoms with Gasteiger partial charge in [0, 0.05) is 12.2 Å². The number of thioether (sulfide) groups is 1. The van der Waals surface area contributed by atoms with Crippen LogP contribution in [0.4, 0.5) is 0 Å². The molecule has 1 heterocycles. The number of ether oxygens (including phenoxy) is 1. The molecule has 0 aromatic heterocycles. The molecule has 1 aliphatic heterocycles. The molecule has 0 radical (unpaired) electrons. The maximum atomic E-state index is 11.4. The molecule has 0 saturated carbocycles. The Hall–Kier alpha value is -0.620. The van der Waals surface area contributed by atoms with Crippen LogP contribution in [0.3, 0.4) is 0 Å². The van der Waals surface area contributed by atoms with Gasteiger partial charge >= 0.3 is 5.97 Å². The van der Waals surface area contributed by atoms with Crippen LogP contribution >= 0.6 is 24.0 Å². The molecule has 0 spiro atoms. The van der Waals surface area contributed by atoms with Crippen LogP contribution in [0.1, 0.15) is 19.8 Å². The van der Waals surface area contributed by atoms with Crippen molar-refractivity contribution in [1.82, 2.24) is 5.32 Å². The van der Waals surface area contributed by atoms with Crippen LogP contribution in [0.2, 0.25) is 0 Å². The van der Waals surface area contributed by atoms with E-state index in [4.69, 9.17) is 17.0 Å². The highest BCUT2D eigenvalue weighted by Crippen LogP contribution is 2.14. The van der Waals surface area contributed by atoms with Crippen molar-refractivity contribution in [3.8, 4) is 0 Å². The Morgan fingerprint density at radius 3 is 2.93 bits per heavy atom. The molecule has 1 saturated heterocycles. The van der Waals surface area contributed by atoms with Crippen molar-refractivity contribution in [2.45, 2.75) is 25.8 Å². The Balaban J connectivity index is 2.24. The number of rotatable bonds is 5. The van der Waals surface area contributed by atoms with Gasteiger partial charge in [-0.3, -0.25) is 4.79 Å². The summed E-state index contributed by atoms with van der Waals surface area (Å²) in [5, 5.41) is 2.82. The Bertz CT molecular complexity index is 281. The van der Waals surface area contributed by atoms with Crippen LogP contribution in [0, 0.1) is 0 Å². The van der Waals surface area contributed by atoms with Crippen molar-refractivity contribution in [3.63, 3.8) is 0 Å². The number of hydrogen-bond donors (Lipinski definition) is 1. The molecule has 4 nitrogen and oxygen atoms in total. The highest BCUT2D eigenvalue weighted by atomic mass is 32.2. The summed E-state index contributed by atoms with van der Waals surface area (Å²) in [6.45, 7) is 1.79. The fourth-order valence-corrected chi connectivity index (χ4v) is 2.22. The Labute approximate surface area is 98.1 Å². The SMILES string of the molecule is CCCC(=O)COC(=O)[C@@H]1CSC(=S)N1. The van der Waals surface area contributed by atoms with Gasteiger partial charge in [0.25, 0.3) is 0 Å². The second kappa shape index (κ2) is 6.07. The zero-order chi connectivity index (χ0) is 11.3. The monoisotopic (exact) mass is 247 g/mol. The van der Waals surface area contributed by atoms with E-state index >= 15 is 0 Å². The number of carbonyl (C=O) groups excluding carboxylic acids is 2. The summed E-state index contributed by atoms with van der Waals surface area (Å²) < 4.78 is 5.47. The number of Topliss-reactive ketones (excluding diaryl/α,β-unsaturated/α-hetero) is 1. The predicted octanol–water partition coefficient (Wildman–Crippen LogP) is 0.889. The average Bonchev–Trinajstić information content (AvgIpc) is 2.62. The Kier molecular flexibility index (Phi) is 5.04. The van der Waals surface area contributed by atoms with Crippen LogP contribution < -0.4 is 5.32 Å². The quantitative estimate of drug-likeness (QED) is 0.575. The van der Waals surface area contributed by atoms with Crippen LogP contribution in [-0.4, -0.2) is 34.5 Å². The van der Waals surface area contributed by atoms with E-state index in [0.29, 0.717) is 16.5 Å². The van der Waals surface area contributed by atoms with Crippen molar-refractivity contribution >= 4 is 40.1 Å². The number of nitrogens with one attached hydrogen (secondary N) is 1. The molecule has 84 valence electrons. The van der Waals surface area contributed by atoms with E-state index in [-0.39, 0.29) is 12.4 Å². The summed E-state index contributed by atoms with van der Waals surface area (Å²) >= 11 is 6.28. The van der Waals surface area contributed by atoms with E-state index in [9.17, 15) is 9.59 Å². The maximum Gasteiger partial charge on any atom is 0.329 e. The summed E-state index contributed by atoms with van der Waals surface area (Å²) in [4.78, 5) is 22.5. The maximum absolute atomic E-state index is 11.4. The lowest BCUT2D eigenvalue weighted by molar-refractivity contribution is -0.149. The fraction of sp³-hybridized carbons (Fsp3) is 0.667. The summed E-state index contributed by atoms with van der Waals surface area (Å²) in [6.07, 6.45) is 1.23. The minimum absolute atomic E-state index is 0.0425. The molecule has 0 aromatic rings. The molecule has 0 bridgehead atoms. The summed E-state index contributed by atoms with van der Waals surface area (Å²) in [5.74, 6) is 0.144. The number of ketones is 1. The minimum Gasteiger partial charge on any atom is -0.456 e. The van der Waals surface area contributed by atoms with Crippen LogP contribution in [0.5, 0.6) is 0 Å². The average molecular weight is 247 g/mol. The zero-order valence-electron chi connectivity index (χ0n) is 8.45. The van der Waals surface area contributed by atoms with Crippen molar-refractivity contribution in [2.75, 3.05) is 12.4 Å². The van der Waals surface area contributed by atoms with E-state index in [1.165, 1.54) is 11.8 Å². The molecule has 1 atom stereocenters. The number of thiocarbonyl (C=S) groups is 1. The molecular weight excluding hydrogens is 234 g/mol. The van der Waals surface area contributed by atoms with E-state index in [1.807, 2.05) is 6.92 Å². The summed E-state index contributed by atoms with van der Waals surface area (Å²) in [5.41, 5.74) is 0. The number of carbonyl (C=O) groups is 2. The topological polar surface area (TPSA) is 55.4 Å². The molecular formula is C9H13NO3S2. The lowest BCUT2D eigenvalue weighted by Crippen LogP contribution is -2.36. The van der Waals surface area contributed by atoms with Gasteiger partial charge in [-0.25, -0.2) is 4.79 Å². The Morgan fingerprint density at radius 2 is 2.40 bits per heavy atom. The molecule has 15 heavy (non-hydrogen) atoms. The van der Waals surface area contributed by atoms with Gasteiger partial charge in [0.15, 0.2) is 5.78 Å². The van der Waals surface area contributed by atoms with Crippen molar-refractivity contribution < 1.29 is 14.3 Å². The highest BCUT2D eigenvalue weighted by Gasteiger charge is 2.27. The first-order valence-corrected chi connectivity index (χ1v) is 6.14. The largest absolute Gasteiger partial charge is 0.456 e. The lowest BCUT2D eigenvalue weighted by Gasteiger charge is -2.08. The van der Waals surface area contributed by atoms with Crippen molar-refractivity contribution in [2.24, 2.45) is 0 Å². The van der Waals surface area contributed by atoms with Gasteiger partial charge in [-0.2, -0.15) is 0 Å². The fourth-order valence-electron chi connectivity index (χ4n) is 1.11. The summed E-state index contributed by atoms with van der Waals surface area (Å²) in [6, 6.07) is -0.392. The van der Waals surface area contributed by atoms with E-state index < -0.39 is 12.0 Å². The van der Waals surface area contributed by atoms with Gasteiger partial charge in [-0.05, 0) is 6.42 Å². The molecule has 1 N–H and O–H groups in total. The van der Waals surface area contributed by atoms with Crippen molar-refractivity contribution in [3.05, 3.63) is 0 Å². The third-order valence-corrected chi connectivity index (χ3v) is 3.21. The van der Waals surface area contributed by atoms with E-state index in [2.05, 4.69) is 5.32 Å². The second-order valence-electron chi connectivity index (χ2n) is 3.19. The third kappa shape index (κ3) is 4.17. The first-order chi connectivity index (χ1) is 7.13. The summed E-state index contributed by atoms with van der Waals surface area (Å²) in [7, 11) is 0. The van der Waals surface area contributed by atoms with Gasteiger partial charge in [0.05, 0.1) is 0 Å². The van der Waals surface area contributed by atoms with Gasteiger partial charge in [-0.15, -0.1) is 0 Å². The van der Waals surface area contributed by atoms with Gasteiger partial charge in [-0.1, -0.05) is 30.9 Å². The van der Waals surface area contributed by atoms with Gasteiger partial charge in [0.2, 0.25) is 0 Å². The van der Waals surface area contributed by atoms with Crippen LogP contribution in [0.25, 0.3) is 0 Å². The first kappa shape index (κ1) is 12.4. The normalized spacial score (nSPS) is 19.8. The molecule has 0 aromatic carbocycles. The second-order valence-corrected chi connectivity index (χ2v) is 4.89. The van der Waals surface area contributed by atoms with Crippen molar-refractivity contribution in [1.29, 1.82) is 0 Å². The first-order valence-electron chi connectivity index (χ1n) is 4.75. The molecule has 0 unspecified atom stereocenters. The predicted molar refractivity (Wildman–Crippen MR) is 62.9 cm³/mol. The van der Waals surface area contributed by atoms with E-state index in [0.717, 1.165) is 6.42 Å². The number of esters is 1. The smallest absolute Gasteiger partial charge is 0.329 e. The molecule has 0 amide bonds. The molecule has 6 heteroatoms. The van der Waals surface area contributed by atoms with Crippen LogP contribution in [0.15, 0.2) is 0 Å². The van der Waals surface area contributed by atoms with Gasteiger partial charge in [0.1, 0.15) is 17.0 Å². The molecule has 1 rings (SSSR count). The van der Waals surface area contributed by atoms with Crippen LogP contribution in [-0.2, 0) is 14.3 Å². The number of hydrogen-bond acceptors (Lipinski definition) is 5. The lowest BCUT2D eigenvalue weighted by atomic mass is 10.2. The van der Waals surface area contributed by atoms with Gasteiger partial charge < -0.3 is 10.1 Å². The van der Waals surface area contributed by atoms with E-state index in [1.54, 1.807) is 0 Å². The molecule has 1 aliphatic rings. The standard InChI is InChI=1S/C9H13NO3S2/c1-2-3-6(11)4-13-8(12)7-5-15-9(14)10-7/h7H,2-5H2,1H3,(H,10,14)/t7-/m0/s1.